The van der Waals surface area contributed by atoms with E-state index in [1.54, 1.807) is 60.7 Å². The molecule has 90 heavy (non-hydrogen) atoms. The van der Waals surface area contributed by atoms with Gasteiger partial charge in [-0.25, -0.2) is 18.7 Å². The van der Waals surface area contributed by atoms with E-state index in [0.29, 0.717) is 47.9 Å². The quantitative estimate of drug-likeness (QED) is 0.0353. The van der Waals surface area contributed by atoms with Gasteiger partial charge in [0.1, 0.15) is 36.4 Å². The minimum absolute atomic E-state index is 0.00467. The Morgan fingerprint density at radius 1 is 0.889 bits per heavy atom. The maximum Gasteiger partial charge on any atom is 0.410 e. The summed E-state index contributed by atoms with van der Waals surface area (Å²) in [5.74, 6) is -5.27. The van der Waals surface area contributed by atoms with E-state index in [9.17, 15) is 58.2 Å². The number of rotatable bonds is 22. The monoisotopic (exact) mass is 1250 g/mol. The number of esters is 1. The molecule has 2 saturated heterocycles. The topological polar surface area (TPSA) is 350 Å². The van der Waals surface area contributed by atoms with E-state index >= 15 is 4.39 Å². The lowest BCUT2D eigenvalue weighted by Gasteiger charge is -2.39. The second kappa shape index (κ2) is 32.1. The number of likely N-dealkylation sites (tertiary alicyclic amines) is 1. The van der Waals surface area contributed by atoms with Gasteiger partial charge in [0.25, 0.3) is 11.8 Å². The molecular weight excluding hydrogens is 1170 g/mol. The Labute approximate surface area is 522 Å². The number of amides is 10. The zero-order valence-corrected chi connectivity index (χ0v) is 52.0. The van der Waals surface area contributed by atoms with Crippen LogP contribution in [-0.2, 0) is 49.6 Å². The summed E-state index contributed by atoms with van der Waals surface area (Å²) in [5.41, 5.74) is 7.69. The number of nitrogens with two attached hydrogens (primary N) is 1. The van der Waals surface area contributed by atoms with Crippen LogP contribution in [0.5, 0.6) is 0 Å². The molecule has 0 radical (unpaired) electrons. The first-order chi connectivity index (χ1) is 42.9. The number of nitrogens with zero attached hydrogens (tertiary/aromatic N) is 7. The first-order valence-corrected chi connectivity index (χ1v) is 30.9. The van der Waals surface area contributed by atoms with E-state index in [1.807, 2.05) is 19.1 Å². The lowest BCUT2D eigenvalue weighted by atomic mass is 9.83. The Hall–Kier alpha value is -8.75. The number of benzene rings is 2. The zero-order chi connectivity index (χ0) is 65.3. The summed E-state index contributed by atoms with van der Waals surface area (Å²) in [4.78, 5) is 135. The molecular formula is C63H84FN12O14-. The summed E-state index contributed by atoms with van der Waals surface area (Å²) in [6.45, 7) is 11.0. The van der Waals surface area contributed by atoms with Crippen molar-refractivity contribution < 1.29 is 72.0 Å². The largest absolute Gasteiger partial charge is 0.530 e. The van der Waals surface area contributed by atoms with E-state index in [4.69, 9.17) is 15.2 Å². The van der Waals surface area contributed by atoms with Crippen molar-refractivity contribution in [1.29, 1.82) is 0 Å². The van der Waals surface area contributed by atoms with E-state index in [-0.39, 0.29) is 126 Å². The molecule has 4 aliphatic rings. The minimum atomic E-state index is -1.37. The van der Waals surface area contributed by atoms with Crippen molar-refractivity contribution in [2.75, 3.05) is 57.7 Å². The summed E-state index contributed by atoms with van der Waals surface area (Å²) in [6.07, 6.45) is 8.08. The Bertz CT molecular complexity index is 3210. The number of aromatic nitrogens is 3. The molecule has 3 unspecified atom stereocenters. The second-order valence-corrected chi connectivity index (χ2v) is 24.1. The number of imide groups is 1. The van der Waals surface area contributed by atoms with Gasteiger partial charge < -0.3 is 66.2 Å². The molecule has 0 bridgehead atoms. The Kier molecular flexibility index (Phi) is 24.5. The van der Waals surface area contributed by atoms with Gasteiger partial charge in [-0.2, -0.15) is 0 Å². The van der Waals surface area contributed by atoms with Crippen molar-refractivity contribution in [2.45, 2.75) is 155 Å². The highest BCUT2D eigenvalue weighted by atomic mass is 19.1. The SMILES string of the molecule is CC(=O)N1CCC(n2nnc3c(F)cc(/C=C(\C)[C@H]4OC(=O)CC(O)CC[C@H](C)C/C=C/[C@@H]4C)cc32)C(c2cc(NC(=O)[C@H](CCCNC(N)=O)NC(=O)[C@@H](NC(=O)CCCCCN3C(=O)C=CC3=O)C(C)C)ccc2COC(=O)N2CCN(C(=O)[O-])CC2)C1. The number of urea groups is 1. The summed E-state index contributed by atoms with van der Waals surface area (Å²) in [5, 5.41) is 42.0. The van der Waals surface area contributed by atoms with Gasteiger partial charge in [0, 0.05) is 95.4 Å². The molecule has 26 nitrogen and oxygen atoms in total. The Balaban J connectivity index is 1.19. The average molecular weight is 1250 g/mol. The van der Waals surface area contributed by atoms with E-state index in [1.165, 1.54) is 30.0 Å². The summed E-state index contributed by atoms with van der Waals surface area (Å²) < 4.78 is 30.0. The highest BCUT2D eigenvalue weighted by molar-refractivity contribution is 6.12. The number of carbonyl (C=O) groups is 10. The van der Waals surface area contributed by atoms with Crippen LogP contribution in [0.15, 0.2) is 60.2 Å². The lowest BCUT2D eigenvalue weighted by molar-refractivity contribution is -0.266. The lowest BCUT2D eigenvalue weighted by Crippen LogP contribution is -2.54. The number of carboxylic acid groups (broad SMARTS) is 1. The van der Waals surface area contributed by atoms with Crippen LogP contribution in [-0.4, -0.2) is 176 Å². The number of cyclic esters (lactones) is 1. The van der Waals surface area contributed by atoms with Gasteiger partial charge in [-0.3, -0.25) is 38.5 Å². The van der Waals surface area contributed by atoms with Crippen LogP contribution in [0.4, 0.5) is 24.5 Å². The molecule has 7 N–H and O–H groups in total. The number of allylic oxidation sites excluding steroid dienone is 1. The van der Waals surface area contributed by atoms with E-state index < -0.39 is 102 Å². The Morgan fingerprint density at radius 3 is 2.30 bits per heavy atom. The van der Waals surface area contributed by atoms with Crippen LogP contribution in [0, 0.1) is 23.6 Å². The summed E-state index contributed by atoms with van der Waals surface area (Å²) >= 11 is 0. The normalized spacial score (nSPS) is 22.1. The van der Waals surface area contributed by atoms with Crippen LogP contribution in [0.1, 0.15) is 141 Å². The molecule has 0 spiro atoms. The standard InChI is InChI=1S/C63H85FN12O14/c1-37(2)56(69-52(79)15-8-7-9-24-75-53(80)20-21-54(75)81)60(84)68-49(14-11-23-66-61(65)85)59(83)67-44-18-17-43(36-89-63(88)73-28-26-72(27-29-73)62(86)87)46(33-44)47-35-74(41(6)77)25-22-50(47)76-51-32-42(31-48(64)57(51)70-71-76)30-40(5)58-39(4)13-10-12-38(3)16-19-45(78)34-55(82)90-58/h10,13,17-18,20-21,30-33,37-39,45,47,49-50,56,58,78H,7-9,11-12,14-16,19,22-29,34-36H2,1-6H3,(H,67,83)(H,68,84)(H,69,79)(H,86,87)(H3,65,66,85)/p-1/b13-10+,40-30+/t38-,39+,45?,47?,49+,50?,56+,58+/m1/s1. The first kappa shape index (κ1) is 68.7. The molecule has 1 aromatic heterocycles. The number of piperazine rings is 1. The maximum absolute atomic E-state index is 16.5. The number of aliphatic hydroxyl groups excluding tert-OH is 1. The molecule has 5 heterocycles. The smallest absolute Gasteiger partial charge is 0.410 e. The number of aliphatic hydroxyl groups is 1. The molecule has 3 aromatic rings. The molecule has 2 aromatic carbocycles. The van der Waals surface area contributed by atoms with Crippen LogP contribution >= 0.6 is 0 Å². The molecule has 0 aliphatic carbocycles. The minimum Gasteiger partial charge on any atom is -0.530 e. The number of nitrogens with one attached hydrogen (secondary N) is 4. The Morgan fingerprint density at radius 2 is 1.61 bits per heavy atom. The molecule has 488 valence electrons. The molecule has 7 rings (SSSR count). The van der Waals surface area contributed by atoms with Crippen LogP contribution < -0.4 is 32.1 Å². The van der Waals surface area contributed by atoms with Crippen molar-refractivity contribution in [1.82, 2.24) is 50.5 Å². The number of hydrogen-bond donors (Lipinski definition) is 6. The second-order valence-electron chi connectivity index (χ2n) is 24.1. The van der Waals surface area contributed by atoms with E-state index in [0.717, 1.165) is 22.6 Å². The summed E-state index contributed by atoms with van der Waals surface area (Å²) in [6, 6.07) is 4.05. The van der Waals surface area contributed by atoms with Gasteiger partial charge in [0.2, 0.25) is 23.6 Å². The maximum atomic E-state index is 16.5. The van der Waals surface area contributed by atoms with Gasteiger partial charge in [0.15, 0.2) is 5.82 Å². The number of unbranched alkanes of at least 4 members (excludes halogenated alkanes) is 2. The number of hydrogen-bond acceptors (Lipinski definition) is 16. The van der Waals surface area contributed by atoms with Crippen LogP contribution in [0.2, 0.25) is 0 Å². The third-order valence-electron chi connectivity index (χ3n) is 16.9. The molecule has 10 amide bonds. The zero-order valence-electron chi connectivity index (χ0n) is 52.0. The fourth-order valence-corrected chi connectivity index (χ4v) is 11.7. The van der Waals surface area contributed by atoms with Crippen LogP contribution in [0.3, 0.4) is 0 Å². The van der Waals surface area contributed by atoms with Crippen molar-refractivity contribution in [3.63, 3.8) is 0 Å². The highest BCUT2D eigenvalue weighted by Crippen LogP contribution is 2.41. The first-order valence-electron chi connectivity index (χ1n) is 30.9. The number of anilines is 1. The molecule has 2 fully saturated rings. The predicted octanol–water partition coefficient (Wildman–Crippen LogP) is 4.32. The van der Waals surface area contributed by atoms with Crippen LogP contribution in [0.25, 0.3) is 17.1 Å². The van der Waals surface area contributed by atoms with Gasteiger partial charge in [-0.05, 0) is 117 Å². The van der Waals surface area contributed by atoms with Crippen molar-refractivity contribution in [2.24, 2.45) is 23.5 Å². The predicted molar refractivity (Wildman–Crippen MR) is 325 cm³/mol. The molecule has 4 aliphatic heterocycles. The molecule has 0 saturated carbocycles. The third-order valence-corrected chi connectivity index (χ3v) is 16.9. The number of fused-ring (bicyclic) bond motifs is 1. The van der Waals surface area contributed by atoms with Crippen molar-refractivity contribution >= 4 is 82.4 Å². The highest BCUT2D eigenvalue weighted by Gasteiger charge is 2.38. The number of primary amides is 1. The van der Waals surface area contributed by atoms with Gasteiger partial charge >= 0.3 is 18.1 Å². The third kappa shape index (κ3) is 18.9. The summed E-state index contributed by atoms with van der Waals surface area (Å²) in [7, 11) is 0. The fourth-order valence-electron chi connectivity index (χ4n) is 11.7. The van der Waals surface area contributed by atoms with Crippen molar-refractivity contribution in [3.05, 3.63) is 82.7 Å². The van der Waals surface area contributed by atoms with Gasteiger partial charge in [0.05, 0.1) is 24.1 Å². The van der Waals surface area contributed by atoms with E-state index in [2.05, 4.69) is 38.5 Å². The number of piperidine rings is 1. The number of carbonyl (C=O) groups excluding carboxylic acids is 10. The molecule has 8 atom stereocenters. The number of halogens is 1. The van der Waals surface area contributed by atoms with Gasteiger partial charge in [-0.1, -0.05) is 63.6 Å². The molecule has 27 heteroatoms. The average Bonchev–Trinajstić information content (AvgIpc) is 1.50. The van der Waals surface area contributed by atoms with Crippen molar-refractivity contribution in [3.8, 4) is 0 Å². The van der Waals surface area contributed by atoms with Gasteiger partial charge in [-0.15, -0.1) is 5.10 Å². The fraction of sp³-hybridized carbons (Fsp3) is 0.556. The number of ether oxygens (including phenoxy) is 2.